The molecule has 0 amide bonds. The standard InChI is InChI=1S/C36H22F51NP/c37-13(38,16(43,44)19(49,50)22(55,56)25(61,62)28(67,68)31(73,74)34(79,80)81)5-1-9-89(12-4-8-88,10-2-6-14(39,40)17(45,46)20(51,52)23(57,58)26(63,64)29(69,70)32(75,76)35(82,83)84)11-3-7-15(41,42)18(47,48)21(53,54)24(59,60)27(65,66)30(71,72)33(77,78)36(85,86)87/h1-7,9-12H2/q+1. The van der Waals surface area contributed by atoms with Crippen LogP contribution < -0.4 is 0 Å². The van der Waals surface area contributed by atoms with Crippen molar-refractivity contribution in [3.8, 4) is 6.07 Å². The molecule has 89 heavy (non-hydrogen) atoms. The predicted octanol–water partition coefficient (Wildman–Crippen LogP) is 20.3. The van der Waals surface area contributed by atoms with Crippen molar-refractivity contribution in [1.82, 2.24) is 0 Å². The van der Waals surface area contributed by atoms with Crippen LogP contribution in [0.3, 0.4) is 0 Å². The van der Waals surface area contributed by atoms with Crippen LogP contribution in [0.25, 0.3) is 0 Å². The molecule has 0 spiro atoms. The molecule has 0 atom stereocenters. The Labute approximate surface area is 455 Å². The van der Waals surface area contributed by atoms with E-state index >= 15 is 0 Å². The van der Waals surface area contributed by atoms with Crippen molar-refractivity contribution in [2.45, 2.75) is 188 Å². The van der Waals surface area contributed by atoms with E-state index in [-0.39, 0.29) is 0 Å². The molecule has 0 aromatic rings. The molecule has 0 fully saturated rings. The minimum atomic E-state index is -9.41. The summed E-state index contributed by atoms with van der Waals surface area (Å²) in [7, 11) is -5.59. The first-order valence-corrected chi connectivity index (χ1v) is 23.8. The Bertz CT molecular complexity index is 2190. The summed E-state index contributed by atoms with van der Waals surface area (Å²) < 4.78 is 704. The number of nitriles is 1. The molecule has 0 heterocycles. The zero-order valence-electron chi connectivity index (χ0n) is 40.4. The largest absolute Gasteiger partial charge is 0.460 e. The summed E-state index contributed by atoms with van der Waals surface area (Å²) in [5.41, 5.74) is 0. The number of halogens is 51. The number of hydrogen-bond donors (Lipinski definition) is 0. The fourth-order valence-corrected chi connectivity index (χ4v) is 11.3. The normalized spacial score (nSPS) is 16.7. The third-order valence-corrected chi connectivity index (χ3v) is 17.4. The van der Waals surface area contributed by atoms with Gasteiger partial charge in [-0.2, -0.15) is 229 Å². The van der Waals surface area contributed by atoms with E-state index in [2.05, 4.69) is 0 Å². The second kappa shape index (κ2) is 23.4. The lowest BCUT2D eigenvalue weighted by Crippen LogP contribution is -2.74. The molecule has 0 aromatic carbocycles. The number of rotatable bonds is 32. The molecule has 0 aromatic heterocycles. The molecule has 0 aliphatic rings. The molecule has 0 saturated carbocycles. The average molecular weight is 1470 g/mol. The molecular weight excluding hydrogens is 1450 g/mol. The van der Waals surface area contributed by atoms with E-state index in [1.165, 1.54) is 0 Å². The van der Waals surface area contributed by atoms with Crippen LogP contribution in [0, 0.1) is 11.3 Å². The Kier molecular flexibility index (Phi) is 22.4. The molecule has 0 rings (SSSR count). The van der Waals surface area contributed by atoms with Gasteiger partial charge in [0.25, 0.3) is 0 Å². The molecule has 0 unspecified atom stereocenters. The van der Waals surface area contributed by atoms with Gasteiger partial charge in [0.2, 0.25) is 0 Å². The lowest BCUT2D eigenvalue weighted by Gasteiger charge is -2.43. The Balaban J connectivity index is 8.16. The SMILES string of the molecule is N#CCC[P+](CCCC(F)(F)C(F)(F)C(F)(F)C(F)(F)C(F)(F)C(F)(F)C(F)(F)C(F)(F)F)(CCCC(F)(F)C(F)(F)C(F)(F)C(F)(F)C(F)(F)C(F)(F)C(F)(F)C(F)(F)F)CCCC(F)(F)C(F)(F)C(F)(F)C(F)(F)C(F)(F)C(F)(F)C(F)(F)C(F)(F)F. The highest BCUT2D eigenvalue weighted by molar-refractivity contribution is 7.75. The van der Waals surface area contributed by atoms with Crippen molar-refractivity contribution in [3.63, 3.8) is 0 Å². The summed E-state index contributed by atoms with van der Waals surface area (Å²) in [5, 5.41) is 8.94. The lowest BCUT2D eigenvalue weighted by atomic mass is 9.88. The molecule has 0 aliphatic carbocycles. The maximum atomic E-state index is 14.8. The van der Waals surface area contributed by atoms with Crippen LogP contribution in [-0.2, 0) is 0 Å². The van der Waals surface area contributed by atoms with E-state index in [4.69, 9.17) is 5.26 Å². The minimum Gasteiger partial charge on any atom is -0.200 e. The predicted molar refractivity (Wildman–Crippen MR) is 186 cm³/mol. The summed E-state index contributed by atoms with van der Waals surface area (Å²) >= 11 is 0. The summed E-state index contributed by atoms with van der Waals surface area (Å²) in [6.45, 7) is 0. The van der Waals surface area contributed by atoms with Gasteiger partial charge >= 0.3 is 143 Å². The van der Waals surface area contributed by atoms with Gasteiger partial charge in [0.1, 0.15) is 0 Å². The highest BCUT2D eigenvalue weighted by Crippen LogP contribution is 2.70. The molecule has 0 N–H and O–H groups in total. The molecule has 0 aliphatic heterocycles. The molecule has 0 radical (unpaired) electrons. The van der Waals surface area contributed by atoms with Gasteiger partial charge in [0, 0.05) is 26.5 Å². The summed E-state index contributed by atoms with van der Waals surface area (Å²) in [5.74, 6) is -187. The van der Waals surface area contributed by atoms with E-state index in [1.54, 1.807) is 0 Å². The Morgan fingerprint density at radius 2 is 0.326 bits per heavy atom. The summed E-state index contributed by atoms with van der Waals surface area (Å²) in [6.07, 6.45) is -56.7. The maximum Gasteiger partial charge on any atom is 0.460 e. The Morgan fingerprint density at radius 1 is 0.191 bits per heavy atom. The maximum absolute atomic E-state index is 14.8. The molecule has 1 nitrogen and oxygen atoms in total. The van der Waals surface area contributed by atoms with Gasteiger partial charge in [-0.1, -0.05) is 0 Å². The third-order valence-electron chi connectivity index (χ3n) is 12.4. The topological polar surface area (TPSA) is 23.8 Å². The third kappa shape index (κ3) is 12.4. The van der Waals surface area contributed by atoms with Crippen molar-refractivity contribution >= 4 is 7.26 Å². The van der Waals surface area contributed by atoms with Crippen molar-refractivity contribution in [2.24, 2.45) is 0 Å². The van der Waals surface area contributed by atoms with Crippen molar-refractivity contribution < 1.29 is 224 Å². The van der Waals surface area contributed by atoms with Gasteiger partial charge < -0.3 is 0 Å². The van der Waals surface area contributed by atoms with Crippen LogP contribution in [0.15, 0.2) is 0 Å². The minimum absolute atomic E-state index is 0.671. The molecule has 0 bridgehead atoms. The van der Waals surface area contributed by atoms with Crippen LogP contribution in [0.4, 0.5) is 224 Å². The average Bonchev–Trinajstić information content (AvgIpc) is 3.30. The van der Waals surface area contributed by atoms with Crippen molar-refractivity contribution in [3.05, 3.63) is 0 Å². The monoisotopic (exact) mass is 1470 g/mol. The van der Waals surface area contributed by atoms with Crippen LogP contribution in [-0.4, -0.2) is 168 Å². The van der Waals surface area contributed by atoms with E-state index in [1.807, 2.05) is 0 Å². The van der Waals surface area contributed by atoms with Gasteiger partial charge in [-0.05, 0) is 19.3 Å². The van der Waals surface area contributed by atoms with Crippen LogP contribution in [0.2, 0.25) is 0 Å². The van der Waals surface area contributed by atoms with Gasteiger partial charge in [-0.3, -0.25) is 0 Å². The quantitative estimate of drug-likeness (QED) is 0.0486. The highest BCUT2D eigenvalue weighted by Gasteiger charge is 2.98. The van der Waals surface area contributed by atoms with Crippen molar-refractivity contribution in [1.29, 1.82) is 5.26 Å². The van der Waals surface area contributed by atoms with Crippen LogP contribution in [0.1, 0.15) is 44.9 Å². The van der Waals surface area contributed by atoms with Crippen molar-refractivity contribution in [2.75, 3.05) is 24.6 Å². The van der Waals surface area contributed by atoms with E-state index in [0.717, 1.165) is 0 Å². The number of hydrogen-bond acceptors (Lipinski definition) is 1. The summed E-state index contributed by atoms with van der Waals surface area (Å²) in [4.78, 5) is 0. The fourth-order valence-electron chi connectivity index (χ4n) is 6.93. The number of alkyl halides is 51. The highest BCUT2D eigenvalue weighted by atomic mass is 31.2. The van der Waals surface area contributed by atoms with Gasteiger partial charge in [-0.25, -0.2) is 0 Å². The second-order valence-electron chi connectivity index (χ2n) is 18.4. The van der Waals surface area contributed by atoms with E-state index < -0.39 is 220 Å². The fraction of sp³-hybridized carbons (Fsp3) is 0.972. The van der Waals surface area contributed by atoms with Crippen LogP contribution >= 0.6 is 7.26 Å². The van der Waals surface area contributed by atoms with E-state index in [0.29, 0.717) is 6.07 Å². The van der Waals surface area contributed by atoms with Crippen LogP contribution in [0.5, 0.6) is 0 Å². The zero-order chi connectivity index (χ0) is 73.0. The Hall–Kier alpha value is -3.65. The van der Waals surface area contributed by atoms with E-state index in [9.17, 15) is 224 Å². The first kappa shape index (κ1) is 85.4. The van der Waals surface area contributed by atoms with Gasteiger partial charge in [0.05, 0.1) is 37.1 Å². The zero-order valence-corrected chi connectivity index (χ0v) is 41.3. The molecular formula is C36H22F51NP+. The second-order valence-corrected chi connectivity index (χ2v) is 22.9. The Morgan fingerprint density at radius 3 is 0.461 bits per heavy atom. The summed E-state index contributed by atoms with van der Waals surface area (Å²) in [6, 6.07) is 0.671. The number of nitrogens with zero attached hydrogens (tertiary/aromatic N) is 1. The molecule has 0 saturated heterocycles. The first-order valence-electron chi connectivity index (χ1n) is 21.3. The first-order chi connectivity index (χ1) is 37.9. The molecule has 53 heteroatoms. The van der Waals surface area contributed by atoms with Gasteiger partial charge in [-0.15, -0.1) is 0 Å². The smallest absolute Gasteiger partial charge is 0.200 e. The lowest BCUT2D eigenvalue weighted by molar-refractivity contribution is -0.461. The van der Waals surface area contributed by atoms with Gasteiger partial charge in [0.15, 0.2) is 0 Å². The molecule has 532 valence electrons.